The molecule has 0 aliphatic rings. The molecule has 5 nitrogen and oxygen atoms in total. The minimum absolute atomic E-state index is 0.101. The molecule has 0 saturated heterocycles. The first-order valence-corrected chi connectivity index (χ1v) is 5.39. The molecule has 0 amide bonds. The molecule has 0 heterocycles. The molecule has 0 unspecified atom stereocenters. The van der Waals surface area contributed by atoms with E-state index in [0.29, 0.717) is 0 Å². The van der Waals surface area contributed by atoms with Gasteiger partial charge in [-0.25, -0.2) is 13.1 Å². The molecule has 0 saturated carbocycles. The van der Waals surface area contributed by atoms with E-state index in [4.69, 9.17) is 5.11 Å². The highest BCUT2D eigenvalue weighted by atomic mass is 32.2. The summed E-state index contributed by atoms with van der Waals surface area (Å²) in [6.45, 7) is -0.167. The van der Waals surface area contributed by atoms with Gasteiger partial charge in [0.1, 0.15) is 0 Å². The fourth-order valence-corrected chi connectivity index (χ4v) is 1.23. The molecule has 8 heteroatoms. The quantitative estimate of drug-likeness (QED) is 0.620. The summed E-state index contributed by atoms with van der Waals surface area (Å²) >= 11 is 0. The number of nitrogens with one attached hydrogen (secondary N) is 1. The fraction of sp³-hybridized carbons (Fsp3) is 0.833. The second-order valence-electron chi connectivity index (χ2n) is 2.55. The zero-order valence-electron chi connectivity index (χ0n) is 7.24. The molecule has 0 radical (unpaired) electrons. The summed E-state index contributed by atoms with van der Waals surface area (Å²) in [4.78, 5) is 10.0. The number of unbranched alkanes of at least 4 members (excludes halogenated alkanes) is 1. The lowest BCUT2D eigenvalue weighted by Gasteiger charge is -2.03. The predicted octanol–water partition coefficient (Wildman–Crippen LogP) is 0.383. The number of carboxylic acid groups (broad SMARTS) is 1. The molecule has 0 fully saturated rings. The number of carboxylic acids is 1. The van der Waals surface area contributed by atoms with Crippen LogP contribution in [0.2, 0.25) is 0 Å². The third-order valence-corrected chi connectivity index (χ3v) is 2.43. The van der Waals surface area contributed by atoms with E-state index in [-0.39, 0.29) is 25.8 Å². The Hall–Kier alpha value is -0.760. The molecular weight excluding hydrogens is 220 g/mol. The summed E-state index contributed by atoms with van der Waals surface area (Å²) < 4.78 is 46.0. The molecule has 84 valence electrons. The molecule has 0 aliphatic carbocycles. The van der Waals surface area contributed by atoms with E-state index in [0.717, 1.165) is 0 Å². The lowest BCUT2D eigenvalue weighted by atomic mass is 10.2. The van der Waals surface area contributed by atoms with Gasteiger partial charge in [-0.3, -0.25) is 4.79 Å². The Kier molecular flexibility index (Phi) is 5.55. The Morgan fingerprint density at radius 3 is 2.36 bits per heavy atom. The van der Waals surface area contributed by atoms with Crippen LogP contribution in [0.4, 0.5) is 8.78 Å². The van der Waals surface area contributed by atoms with Gasteiger partial charge in [0.2, 0.25) is 0 Å². The normalized spacial score (nSPS) is 11.9. The standard InChI is InChI=1S/C6H11F2NO4S/c7-6(8)14(12,13)9-4-2-1-3-5(10)11/h6,9H,1-4H2,(H,10,11). The van der Waals surface area contributed by atoms with Gasteiger partial charge in [-0.05, 0) is 12.8 Å². The summed E-state index contributed by atoms with van der Waals surface area (Å²) in [5.74, 6) is -4.44. The van der Waals surface area contributed by atoms with E-state index in [1.165, 1.54) is 0 Å². The van der Waals surface area contributed by atoms with Crippen molar-refractivity contribution >= 4 is 16.0 Å². The van der Waals surface area contributed by atoms with Gasteiger partial charge in [-0.1, -0.05) is 0 Å². The third-order valence-electron chi connectivity index (χ3n) is 1.36. The number of aliphatic carboxylic acids is 1. The van der Waals surface area contributed by atoms with Crippen molar-refractivity contribution in [3.63, 3.8) is 0 Å². The van der Waals surface area contributed by atoms with Crippen LogP contribution in [0.25, 0.3) is 0 Å². The molecule has 0 bridgehead atoms. The maximum absolute atomic E-state index is 11.7. The van der Waals surface area contributed by atoms with E-state index >= 15 is 0 Å². The largest absolute Gasteiger partial charge is 0.481 e. The topological polar surface area (TPSA) is 83.5 Å². The van der Waals surface area contributed by atoms with E-state index in [1.807, 2.05) is 0 Å². The summed E-state index contributed by atoms with van der Waals surface area (Å²) in [6, 6.07) is 0. The lowest BCUT2D eigenvalue weighted by molar-refractivity contribution is -0.137. The maximum atomic E-state index is 11.7. The monoisotopic (exact) mass is 231 g/mol. The van der Waals surface area contributed by atoms with Gasteiger partial charge in [0.15, 0.2) is 0 Å². The first kappa shape index (κ1) is 13.2. The van der Waals surface area contributed by atoms with Crippen molar-refractivity contribution < 1.29 is 27.1 Å². The van der Waals surface area contributed by atoms with Gasteiger partial charge in [0, 0.05) is 13.0 Å². The lowest BCUT2D eigenvalue weighted by Crippen LogP contribution is -2.30. The van der Waals surface area contributed by atoms with Crippen molar-refractivity contribution in [1.82, 2.24) is 4.72 Å². The van der Waals surface area contributed by atoms with E-state index < -0.39 is 21.8 Å². The summed E-state index contributed by atoms with van der Waals surface area (Å²) in [7, 11) is -4.53. The number of alkyl halides is 2. The highest BCUT2D eigenvalue weighted by Crippen LogP contribution is 2.02. The van der Waals surface area contributed by atoms with Crippen molar-refractivity contribution in [1.29, 1.82) is 0 Å². The minimum Gasteiger partial charge on any atom is -0.481 e. The van der Waals surface area contributed by atoms with Crippen LogP contribution >= 0.6 is 0 Å². The molecule has 2 N–H and O–H groups in total. The molecular formula is C6H11F2NO4S. The smallest absolute Gasteiger partial charge is 0.350 e. The Morgan fingerprint density at radius 1 is 1.36 bits per heavy atom. The first-order chi connectivity index (χ1) is 6.36. The Morgan fingerprint density at radius 2 is 1.93 bits per heavy atom. The van der Waals surface area contributed by atoms with E-state index in [9.17, 15) is 22.0 Å². The van der Waals surface area contributed by atoms with Crippen LogP contribution < -0.4 is 4.72 Å². The van der Waals surface area contributed by atoms with Crippen molar-refractivity contribution in [2.45, 2.75) is 25.0 Å². The van der Waals surface area contributed by atoms with Crippen LogP contribution in [0.3, 0.4) is 0 Å². The third kappa shape index (κ3) is 5.81. The number of halogens is 2. The van der Waals surface area contributed by atoms with E-state index in [1.54, 1.807) is 4.72 Å². The van der Waals surface area contributed by atoms with Gasteiger partial charge in [-0.15, -0.1) is 0 Å². The molecule has 14 heavy (non-hydrogen) atoms. The number of hydrogen-bond acceptors (Lipinski definition) is 3. The van der Waals surface area contributed by atoms with E-state index in [2.05, 4.69) is 0 Å². The second kappa shape index (κ2) is 5.86. The Bertz CT molecular complexity index is 278. The Balaban J connectivity index is 3.60. The van der Waals surface area contributed by atoms with Gasteiger partial charge in [0.25, 0.3) is 10.0 Å². The molecule has 0 aliphatic heterocycles. The zero-order chi connectivity index (χ0) is 11.2. The van der Waals surface area contributed by atoms with Crippen molar-refractivity contribution in [2.75, 3.05) is 6.54 Å². The maximum Gasteiger partial charge on any atom is 0.350 e. The van der Waals surface area contributed by atoms with Crippen molar-refractivity contribution in [3.8, 4) is 0 Å². The molecule has 0 aromatic rings. The van der Waals surface area contributed by atoms with Crippen LogP contribution in [0.15, 0.2) is 0 Å². The fourth-order valence-electron chi connectivity index (χ4n) is 0.679. The summed E-state index contributed by atoms with van der Waals surface area (Å²) in [6.07, 6.45) is 0.371. The minimum atomic E-state index is -4.53. The van der Waals surface area contributed by atoms with Gasteiger partial charge >= 0.3 is 11.7 Å². The number of sulfonamides is 1. The summed E-state index contributed by atoms with van der Waals surface area (Å²) in [5.41, 5.74) is 0. The number of rotatable bonds is 7. The SMILES string of the molecule is O=C(O)CCCCNS(=O)(=O)C(F)F. The van der Waals surface area contributed by atoms with Crippen LogP contribution in [-0.2, 0) is 14.8 Å². The van der Waals surface area contributed by atoms with Crippen molar-refractivity contribution in [3.05, 3.63) is 0 Å². The summed E-state index contributed by atoms with van der Waals surface area (Å²) in [5, 5.41) is 8.20. The average molecular weight is 231 g/mol. The highest BCUT2D eigenvalue weighted by Gasteiger charge is 2.22. The second-order valence-corrected chi connectivity index (χ2v) is 4.29. The molecule has 0 atom stereocenters. The predicted molar refractivity (Wildman–Crippen MR) is 44.4 cm³/mol. The van der Waals surface area contributed by atoms with Crippen LogP contribution in [0.1, 0.15) is 19.3 Å². The van der Waals surface area contributed by atoms with Gasteiger partial charge < -0.3 is 5.11 Å². The van der Waals surface area contributed by atoms with Gasteiger partial charge in [-0.2, -0.15) is 8.78 Å². The van der Waals surface area contributed by atoms with Gasteiger partial charge in [0.05, 0.1) is 0 Å². The van der Waals surface area contributed by atoms with Crippen LogP contribution in [0.5, 0.6) is 0 Å². The molecule has 0 rings (SSSR count). The van der Waals surface area contributed by atoms with Crippen LogP contribution in [0, 0.1) is 0 Å². The molecule has 0 aromatic carbocycles. The van der Waals surface area contributed by atoms with Crippen molar-refractivity contribution in [2.24, 2.45) is 0 Å². The number of carbonyl (C=O) groups is 1. The number of hydrogen-bond donors (Lipinski definition) is 2. The highest BCUT2D eigenvalue weighted by molar-refractivity contribution is 7.89. The average Bonchev–Trinajstić information content (AvgIpc) is 2.02. The zero-order valence-corrected chi connectivity index (χ0v) is 8.06. The first-order valence-electron chi connectivity index (χ1n) is 3.84. The Labute approximate surface area is 80.2 Å². The molecule has 0 spiro atoms. The van der Waals surface area contributed by atoms with Crippen LogP contribution in [-0.4, -0.2) is 31.8 Å². The molecule has 0 aromatic heterocycles.